The third kappa shape index (κ3) is 6.56. The van der Waals surface area contributed by atoms with Crippen LogP contribution in [0.1, 0.15) is 32.1 Å². The second-order valence-corrected chi connectivity index (χ2v) is 8.63. The SMILES string of the molecule is Fc1cc(Nc2cc(-c3cccc(OC(F)(F)F)c3)nc(NC3CCCCC3)n2)ccc1Br. The van der Waals surface area contributed by atoms with E-state index in [2.05, 4.69) is 41.3 Å². The van der Waals surface area contributed by atoms with Crippen LogP contribution in [0.3, 0.4) is 0 Å². The van der Waals surface area contributed by atoms with Gasteiger partial charge in [0.2, 0.25) is 5.95 Å². The molecule has 5 nitrogen and oxygen atoms in total. The first kappa shape index (κ1) is 23.3. The molecule has 4 rings (SSSR count). The molecule has 10 heteroatoms. The summed E-state index contributed by atoms with van der Waals surface area (Å²) in [6.45, 7) is 0. The van der Waals surface area contributed by atoms with Gasteiger partial charge in [0.25, 0.3) is 0 Å². The first-order valence-corrected chi connectivity index (χ1v) is 11.3. The number of benzene rings is 2. The molecule has 1 aliphatic carbocycles. The summed E-state index contributed by atoms with van der Waals surface area (Å²) in [5.41, 5.74) is 1.30. The molecule has 174 valence electrons. The molecule has 0 unspecified atom stereocenters. The van der Waals surface area contributed by atoms with Crippen molar-refractivity contribution in [2.75, 3.05) is 10.6 Å². The van der Waals surface area contributed by atoms with Crippen molar-refractivity contribution in [3.8, 4) is 17.0 Å². The molecule has 3 aromatic rings. The Morgan fingerprint density at radius 1 is 0.970 bits per heavy atom. The van der Waals surface area contributed by atoms with Crippen LogP contribution in [-0.2, 0) is 0 Å². The van der Waals surface area contributed by atoms with Crippen molar-refractivity contribution in [3.63, 3.8) is 0 Å². The van der Waals surface area contributed by atoms with Gasteiger partial charge < -0.3 is 15.4 Å². The van der Waals surface area contributed by atoms with Gasteiger partial charge in [0, 0.05) is 23.4 Å². The van der Waals surface area contributed by atoms with E-state index in [-0.39, 0.29) is 11.8 Å². The monoisotopic (exact) mass is 524 g/mol. The molecule has 0 saturated heterocycles. The Labute approximate surface area is 196 Å². The Bertz CT molecular complexity index is 1120. The lowest BCUT2D eigenvalue weighted by Crippen LogP contribution is -2.23. The smallest absolute Gasteiger partial charge is 0.406 e. The molecule has 33 heavy (non-hydrogen) atoms. The Morgan fingerprint density at radius 3 is 2.48 bits per heavy atom. The zero-order chi connectivity index (χ0) is 23.4. The van der Waals surface area contributed by atoms with Crippen LogP contribution >= 0.6 is 15.9 Å². The van der Waals surface area contributed by atoms with Crippen LogP contribution in [0.2, 0.25) is 0 Å². The fraction of sp³-hybridized carbons (Fsp3) is 0.304. The molecule has 1 heterocycles. The van der Waals surface area contributed by atoms with Crippen LogP contribution in [0.4, 0.5) is 35.0 Å². The summed E-state index contributed by atoms with van der Waals surface area (Å²) in [5.74, 6) is -0.0551. The Kier molecular flexibility index (Phi) is 7.02. The molecule has 2 aromatic carbocycles. The Hall–Kier alpha value is -2.88. The van der Waals surface area contributed by atoms with Gasteiger partial charge in [-0.1, -0.05) is 31.4 Å². The minimum absolute atomic E-state index is 0.215. The molecule has 2 N–H and O–H groups in total. The fourth-order valence-electron chi connectivity index (χ4n) is 3.73. The highest BCUT2D eigenvalue weighted by Crippen LogP contribution is 2.30. The van der Waals surface area contributed by atoms with Crippen LogP contribution in [0.5, 0.6) is 5.75 Å². The average Bonchev–Trinajstić information content (AvgIpc) is 2.76. The lowest BCUT2D eigenvalue weighted by Gasteiger charge is -2.23. The first-order valence-electron chi connectivity index (χ1n) is 10.5. The third-order valence-corrected chi connectivity index (χ3v) is 5.86. The zero-order valence-electron chi connectivity index (χ0n) is 17.4. The summed E-state index contributed by atoms with van der Waals surface area (Å²) < 4.78 is 56.3. The van der Waals surface area contributed by atoms with Gasteiger partial charge in [-0.05, 0) is 59.1 Å². The molecule has 0 aliphatic heterocycles. The van der Waals surface area contributed by atoms with Crippen molar-refractivity contribution in [3.05, 3.63) is 58.8 Å². The Morgan fingerprint density at radius 2 is 1.76 bits per heavy atom. The normalized spacial score (nSPS) is 14.7. The highest BCUT2D eigenvalue weighted by atomic mass is 79.9. The first-order chi connectivity index (χ1) is 15.7. The van der Waals surface area contributed by atoms with E-state index in [0.29, 0.717) is 33.2 Å². The van der Waals surface area contributed by atoms with Gasteiger partial charge in [-0.15, -0.1) is 13.2 Å². The van der Waals surface area contributed by atoms with E-state index in [1.807, 2.05) is 0 Å². The quantitative estimate of drug-likeness (QED) is 0.328. The second-order valence-electron chi connectivity index (χ2n) is 7.77. The number of halogens is 5. The van der Waals surface area contributed by atoms with Crippen LogP contribution < -0.4 is 15.4 Å². The molecule has 0 bridgehead atoms. The number of nitrogens with zero attached hydrogens (tertiary/aromatic N) is 2. The number of hydrogen-bond acceptors (Lipinski definition) is 5. The summed E-state index contributed by atoms with van der Waals surface area (Å²) in [6, 6.07) is 12.0. The number of anilines is 3. The van der Waals surface area contributed by atoms with E-state index in [1.165, 1.54) is 30.7 Å². The molecule has 0 atom stereocenters. The number of aromatic nitrogens is 2. The van der Waals surface area contributed by atoms with Crippen LogP contribution in [0.15, 0.2) is 53.0 Å². The van der Waals surface area contributed by atoms with Crippen molar-refractivity contribution in [2.45, 2.75) is 44.5 Å². The van der Waals surface area contributed by atoms with Crippen molar-refractivity contribution in [1.29, 1.82) is 0 Å². The number of rotatable bonds is 6. The molecule has 0 radical (unpaired) electrons. The number of ether oxygens (including phenoxy) is 1. The molecule has 0 amide bonds. The molecule has 0 spiro atoms. The lowest BCUT2D eigenvalue weighted by atomic mass is 9.96. The van der Waals surface area contributed by atoms with Crippen LogP contribution in [-0.4, -0.2) is 22.4 Å². The van der Waals surface area contributed by atoms with Crippen molar-refractivity contribution in [1.82, 2.24) is 9.97 Å². The van der Waals surface area contributed by atoms with Crippen LogP contribution in [0, 0.1) is 5.82 Å². The molecular formula is C23H21BrF4N4O. The predicted octanol–water partition coefficient (Wildman–Crippen LogP) is 7.43. The van der Waals surface area contributed by atoms with E-state index in [0.717, 1.165) is 25.7 Å². The predicted molar refractivity (Wildman–Crippen MR) is 122 cm³/mol. The molecule has 1 aromatic heterocycles. The lowest BCUT2D eigenvalue weighted by molar-refractivity contribution is -0.274. The molecular weight excluding hydrogens is 504 g/mol. The standard InChI is InChI=1S/C23H21BrF4N4O/c24-18-10-9-16(12-19(18)25)29-21-13-20(14-5-4-8-17(11-14)33-23(26,27)28)31-22(32-21)30-15-6-2-1-3-7-15/h4-5,8-13,15H,1-3,6-7H2,(H2,29,30,31,32). The van der Waals surface area contributed by atoms with Gasteiger partial charge in [0.1, 0.15) is 17.4 Å². The van der Waals surface area contributed by atoms with E-state index in [4.69, 9.17) is 0 Å². The molecule has 1 fully saturated rings. The summed E-state index contributed by atoms with van der Waals surface area (Å²) >= 11 is 3.12. The number of alkyl halides is 3. The Balaban J connectivity index is 1.67. The minimum Gasteiger partial charge on any atom is -0.406 e. The summed E-state index contributed by atoms with van der Waals surface area (Å²) in [6.07, 6.45) is 0.588. The number of hydrogen-bond donors (Lipinski definition) is 2. The van der Waals surface area contributed by atoms with Crippen LogP contribution in [0.25, 0.3) is 11.3 Å². The van der Waals surface area contributed by atoms with Gasteiger partial charge >= 0.3 is 6.36 Å². The number of nitrogens with one attached hydrogen (secondary N) is 2. The fourth-order valence-corrected chi connectivity index (χ4v) is 3.97. The van der Waals surface area contributed by atoms with E-state index in [9.17, 15) is 17.6 Å². The third-order valence-electron chi connectivity index (χ3n) is 5.22. The largest absolute Gasteiger partial charge is 0.573 e. The van der Waals surface area contributed by atoms with E-state index < -0.39 is 12.2 Å². The van der Waals surface area contributed by atoms with E-state index >= 15 is 0 Å². The molecule has 1 saturated carbocycles. The van der Waals surface area contributed by atoms with E-state index in [1.54, 1.807) is 24.3 Å². The van der Waals surface area contributed by atoms with Gasteiger partial charge in [-0.2, -0.15) is 4.98 Å². The maximum Gasteiger partial charge on any atom is 0.573 e. The highest BCUT2D eigenvalue weighted by molar-refractivity contribution is 9.10. The summed E-state index contributed by atoms with van der Waals surface area (Å²) in [4.78, 5) is 9.03. The second kappa shape index (κ2) is 9.94. The van der Waals surface area contributed by atoms with Crippen molar-refractivity contribution in [2.24, 2.45) is 0 Å². The summed E-state index contributed by atoms with van der Waals surface area (Å²) in [7, 11) is 0. The maximum absolute atomic E-state index is 14.0. The molecule has 1 aliphatic rings. The summed E-state index contributed by atoms with van der Waals surface area (Å²) in [5, 5.41) is 6.38. The highest BCUT2D eigenvalue weighted by Gasteiger charge is 2.31. The van der Waals surface area contributed by atoms with Gasteiger partial charge in [0.05, 0.1) is 10.2 Å². The topological polar surface area (TPSA) is 59.1 Å². The van der Waals surface area contributed by atoms with Gasteiger partial charge in [0.15, 0.2) is 0 Å². The van der Waals surface area contributed by atoms with Crippen molar-refractivity contribution < 1.29 is 22.3 Å². The van der Waals surface area contributed by atoms with Crippen molar-refractivity contribution >= 4 is 33.4 Å². The minimum atomic E-state index is -4.80. The van der Waals surface area contributed by atoms with Gasteiger partial charge in [-0.3, -0.25) is 0 Å². The zero-order valence-corrected chi connectivity index (χ0v) is 19.0. The average molecular weight is 525 g/mol. The maximum atomic E-state index is 14.0. The van der Waals surface area contributed by atoms with Gasteiger partial charge in [-0.25, -0.2) is 9.37 Å².